The third-order valence-corrected chi connectivity index (χ3v) is 4.72. The van der Waals surface area contributed by atoms with Crippen LogP contribution in [0.25, 0.3) is 0 Å². The molecule has 0 radical (unpaired) electrons. The van der Waals surface area contributed by atoms with E-state index in [9.17, 15) is 14.0 Å². The number of aromatic nitrogens is 3. The number of rotatable bonds is 3. The van der Waals surface area contributed by atoms with Crippen molar-refractivity contribution in [1.29, 1.82) is 0 Å². The molecule has 2 bridgehead atoms. The molecule has 1 aliphatic heterocycles. The highest BCUT2D eigenvalue weighted by atomic mass is 19.1. The Hall–Kier alpha value is -3.55. The minimum atomic E-state index is -0.652. The van der Waals surface area contributed by atoms with Gasteiger partial charge in [0, 0.05) is 18.4 Å². The van der Waals surface area contributed by atoms with E-state index in [4.69, 9.17) is 4.74 Å². The van der Waals surface area contributed by atoms with Crippen molar-refractivity contribution in [2.75, 3.05) is 0 Å². The summed E-state index contributed by atoms with van der Waals surface area (Å²) in [6.45, 7) is 0.563. The SMILES string of the molecule is O=C1CCn2cc(nn2)COc2ccccc2C(CC(=O)c2ccccc2F)N1. The van der Waals surface area contributed by atoms with E-state index in [0.29, 0.717) is 23.6 Å². The van der Waals surface area contributed by atoms with Crippen LogP contribution >= 0.6 is 0 Å². The van der Waals surface area contributed by atoms with Crippen LogP contribution in [0.15, 0.2) is 54.7 Å². The van der Waals surface area contributed by atoms with E-state index in [1.165, 1.54) is 18.2 Å². The molecular weight excluding hydrogens is 375 g/mol. The van der Waals surface area contributed by atoms with Crippen molar-refractivity contribution in [3.05, 3.63) is 77.4 Å². The summed E-state index contributed by atoms with van der Waals surface area (Å²) in [6.07, 6.45) is 1.82. The van der Waals surface area contributed by atoms with Gasteiger partial charge in [0.25, 0.3) is 0 Å². The molecule has 1 atom stereocenters. The van der Waals surface area contributed by atoms with E-state index in [-0.39, 0.29) is 30.9 Å². The average molecular weight is 394 g/mol. The second-order valence-electron chi connectivity index (χ2n) is 6.78. The fourth-order valence-electron chi connectivity index (χ4n) is 3.27. The molecule has 1 aliphatic rings. The van der Waals surface area contributed by atoms with Gasteiger partial charge >= 0.3 is 0 Å². The van der Waals surface area contributed by atoms with Crippen molar-refractivity contribution in [3.63, 3.8) is 0 Å². The summed E-state index contributed by atoms with van der Waals surface area (Å²) in [5, 5.41) is 10.9. The van der Waals surface area contributed by atoms with Crippen LogP contribution in [0.1, 0.15) is 40.5 Å². The molecule has 1 N–H and O–H groups in total. The zero-order valence-corrected chi connectivity index (χ0v) is 15.5. The average Bonchev–Trinajstić information content (AvgIpc) is 3.18. The van der Waals surface area contributed by atoms with E-state index in [2.05, 4.69) is 15.6 Å². The fraction of sp³-hybridized carbons (Fsp3) is 0.238. The molecule has 148 valence electrons. The van der Waals surface area contributed by atoms with E-state index in [0.717, 1.165) is 0 Å². The van der Waals surface area contributed by atoms with Crippen molar-refractivity contribution < 1.29 is 18.7 Å². The highest BCUT2D eigenvalue weighted by Gasteiger charge is 2.24. The Bertz CT molecular complexity index is 1050. The molecule has 7 nitrogen and oxygen atoms in total. The van der Waals surface area contributed by atoms with Gasteiger partial charge in [-0.3, -0.25) is 14.3 Å². The topological polar surface area (TPSA) is 86.1 Å². The number of ketones is 1. The minimum absolute atomic E-state index is 0.00169. The van der Waals surface area contributed by atoms with Crippen LogP contribution in [0.2, 0.25) is 0 Å². The quantitative estimate of drug-likeness (QED) is 0.691. The number of nitrogens with zero attached hydrogens (tertiary/aromatic N) is 3. The Labute approximate surface area is 166 Å². The molecule has 3 aromatic rings. The Morgan fingerprint density at radius 3 is 2.86 bits per heavy atom. The molecule has 1 aromatic heterocycles. The molecule has 0 saturated heterocycles. The summed E-state index contributed by atoms with van der Waals surface area (Å²) in [5.41, 5.74) is 1.29. The summed E-state index contributed by atoms with van der Waals surface area (Å²) in [7, 11) is 0. The standard InChI is InChI=1S/C21H19FN4O3/c22-17-7-3-1-5-15(17)19(27)11-18-16-6-2-4-8-20(16)29-13-14-12-26(25-24-14)10-9-21(28)23-18/h1-8,12,18H,9-11,13H2,(H,23,28). The van der Waals surface area contributed by atoms with Crippen LogP contribution in [0.4, 0.5) is 4.39 Å². The predicted octanol–water partition coefficient (Wildman–Crippen LogP) is 2.83. The maximum atomic E-state index is 14.1. The molecule has 0 saturated carbocycles. The van der Waals surface area contributed by atoms with E-state index >= 15 is 0 Å². The van der Waals surface area contributed by atoms with Gasteiger partial charge in [0.1, 0.15) is 23.9 Å². The van der Waals surface area contributed by atoms with E-state index in [1.54, 1.807) is 41.2 Å². The second-order valence-corrected chi connectivity index (χ2v) is 6.78. The van der Waals surface area contributed by atoms with Crippen LogP contribution in [-0.2, 0) is 17.9 Å². The number of Topliss-reactive ketones (excluding diaryl/α,β-unsaturated/α-hetero) is 1. The van der Waals surface area contributed by atoms with Crippen LogP contribution in [0.3, 0.4) is 0 Å². The maximum Gasteiger partial charge on any atom is 0.222 e. The molecular formula is C21H19FN4O3. The molecule has 0 fully saturated rings. The number of halogens is 1. The number of hydrogen-bond donors (Lipinski definition) is 1. The second kappa shape index (κ2) is 8.22. The fourth-order valence-corrected chi connectivity index (χ4v) is 3.27. The van der Waals surface area contributed by atoms with Crippen molar-refractivity contribution in [2.24, 2.45) is 0 Å². The number of nitrogens with one attached hydrogen (secondary N) is 1. The molecule has 29 heavy (non-hydrogen) atoms. The molecule has 2 heterocycles. The lowest BCUT2D eigenvalue weighted by Crippen LogP contribution is -2.31. The number of benzene rings is 2. The number of fused-ring (bicyclic) bond motifs is 3. The van der Waals surface area contributed by atoms with Gasteiger partial charge in [0.15, 0.2) is 5.78 Å². The van der Waals surface area contributed by atoms with Crippen molar-refractivity contribution in [3.8, 4) is 5.75 Å². The monoisotopic (exact) mass is 394 g/mol. The minimum Gasteiger partial charge on any atom is -0.487 e. The van der Waals surface area contributed by atoms with Crippen molar-refractivity contribution in [2.45, 2.75) is 32.0 Å². The first kappa shape index (κ1) is 18.8. The third-order valence-electron chi connectivity index (χ3n) is 4.72. The Balaban J connectivity index is 1.66. The first-order valence-electron chi connectivity index (χ1n) is 9.28. The maximum absolute atomic E-state index is 14.1. The number of hydrogen-bond acceptors (Lipinski definition) is 5. The van der Waals surface area contributed by atoms with Crippen molar-refractivity contribution >= 4 is 11.7 Å². The normalized spacial score (nSPS) is 16.6. The molecule has 4 rings (SSSR count). The van der Waals surface area contributed by atoms with Crippen LogP contribution in [-0.4, -0.2) is 26.7 Å². The Kier molecular flexibility index (Phi) is 5.33. The summed E-state index contributed by atoms with van der Waals surface area (Å²) in [6, 6.07) is 12.3. The molecule has 0 aliphatic carbocycles. The number of para-hydroxylation sites is 1. The van der Waals surface area contributed by atoms with Gasteiger partial charge in [-0.15, -0.1) is 5.10 Å². The van der Waals surface area contributed by atoms with Gasteiger partial charge < -0.3 is 10.1 Å². The number of ether oxygens (including phenoxy) is 1. The Morgan fingerprint density at radius 2 is 2.00 bits per heavy atom. The van der Waals surface area contributed by atoms with Gasteiger partial charge in [0.2, 0.25) is 5.91 Å². The van der Waals surface area contributed by atoms with Gasteiger partial charge in [-0.1, -0.05) is 35.5 Å². The van der Waals surface area contributed by atoms with Crippen LogP contribution < -0.4 is 10.1 Å². The summed E-state index contributed by atoms with van der Waals surface area (Å²) < 4.78 is 21.5. The van der Waals surface area contributed by atoms with Crippen LogP contribution in [0, 0.1) is 5.82 Å². The smallest absolute Gasteiger partial charge is 0.222 e. The first-order valence-corrected chi connectivity index (χ1v) is 9.28. The highest BCUT2D eigenvalue weighted by Crippen LogP contribution is 2.29. The highest BCUT2D eigenvalue weighted by molar-refractivity contribution is 5.97. The zero-order chi connectivity index (χ0) is 20.2. The van der Waals surface area contributed by atoms with E-state index in [1.807, 2.05) is 0 Å². The van der Waals surface area contributed by atoms with Gasteiger partial charge in [0.05, 0.1) is 24.3 Å². The van der Waals surface area contributed by atoms with Gasteiger partial charge in [-0.25, -0.2) is 4.39 Å². The predicted molar refractivity (Wildman–Crippen MR) is 102 cm³/mol. The molecule has 1 unspecified atom stereocenters. The lowest BCUT2D eigenvalue weighted by molar-refractivity contribution is -0.122. The largest absolute Gasteiger partial charge is 0.487 e. The van der Waals surface area contributed by atoms with Gasteiger partial charge in [-0.05, 0) is 18.2 Å². The number of carbonyl (C=O) groups excluding carboxylic acids is 2. The number of amides is 1. The number of aryl methyl sites for hydroxylation is 1. The summed E-state index contributed by atoms with van der Waals surface area (Å²) in [4.78, 5) is 25.3. The molecule has 0 spiro atoms. The molecule has 2 aromatic carbocycles. The summed E-state index contributed by atoms with van der Waals surface area (Å²) >= 11 is 0. The van der Waals surface area contributed by atoms with Crippen molar-refractivity contribution in [1.82, 2.24) is 20.3 Å². The Morgan fingerprint density at radius 1 is 1.21 bits per heavy atom. The summed E-state index contributed by atoms with van der Waals surface area (Å²) in [5.74, 6) is -0.703. The van der Waals surface area contributed by atoms with Crippen LogP contribution in [0.5, 0.6) is 5.75 Å². The molecule has 8 heteroatoms. The van der Waals surface area contributed by atoms with Gasteiger partial charge in [-0.2, -0.15) is 0 Å². The first-order chi connectivity index (χ1) is 14.1. The zero-order valence-electron chi connectivity index (χ0n) is 15.5. The third kappa shape index (κ3) is 4.31. The van der Waals surface area contributed by atoms with E-state index < -0.39 is 17.6 Å². The lowest BCUT2D eigenvalue weighted by atomic mass is 9.96. The molecule has 1 amide bonds. The number of carbonyl (C=O) groups is 2. The lowest BCUT2D eigenvalue weighted by Gasteiger charge is -2.22.